The van der Waals surface area contributed by atoms with E-state index in [1.165, 1.54) is 18.4 Å². The molecule has 22 heavy (non-hydrogen) atoms. The number of aliphatic carboxylic acids is 1. The number of hydrogen-bond acceptors (Lipinski definition) is 3. The van der Waals surface area contributed by atoms with Crippen molar-refractivity contribution in [1.82, 2.24) is 4.90 Å². The van der Waals surface area contributed by atoms with Gasteiger partial charge in [0, 0.05) is 13.1 Å². The summed E-state index contributed by atoms with van der Waals surface area (Å²) in [6.45, 7) is 2.45. The normalized spacial score (nSPS) is 23.5. The molecule has 0 aromatic heterocycles. The fourth-order valence-electron chi connectivity index (χ4n) is 3.57. The van der Waals surface area contributed by atoms with Gasteiger partial charge < -0.3 is 9.84 Å². The Morgan fingerprint density at radius 2 is 2.05 bits per heavy atom. The Kier molecular flexibility index (Phi) is 4.98. The van der Waals surface area contributed by atoms with E-state index in [-0.39, 0.29) is 5.92 Å². The largest absolute Gasteiger partial charge is 0.490 e. The van der Waals surface area contributed by atoms with Crippen LogP contribution >= 0.6 is 0 Å². The van der Waals surface area contributed by atoms with E-state index in [1.54, 1.807) is 0 Å². The van der Waals surface area contributed by atoms with E-state index in [9.17, 15) is 9.90 Å². The second-order valence-electron chi connectivity index (χ2n) is 6.58. The van der Waals surface area contributed by atoms with Crippen LogP contribution < -0.4 is 4.74 Å². The molecule has 1 N–H and O–H groups in total. The maximum atomic E-state index is 11.2. The van der Waals surface area contributed by atoms with Crippen LogP contribution in [-0.4, -0.2) is 35.2 Å². The second kappa shape index (κ2) is 7.14. The topological polar surface area (TPSA) is 49.8 Å². The van der Waals surface area contributed by atoms with Crippen molar-refractivity contribution in [3.63, 3.8) is 0 Å². The summed E-state index contributed by atoms with van der Waals surface area (Å²) in [4.78, 5) is 13.4. The van der Waals surface area contributed by atoms with E-state index in [0.29, 0.717) is 12.6 Å². The van der Waals surface area contributed by atoms with Gasteiger partial charge in [-0.1, -0.05) is 12.1 Å². The first-order valence-corrected chi connectivity index (χ1v) is 8.41. The van der Waals surface area contributed by atoms with Gasteiger partial charge in [-0.25, -0.2) is 0 Å². The van der Waals surface area contributed by atoms with Crippen LogP contribution in [0.15, 0.2) is 24.3 Å². The number of nitrogens with zero attached hydrogens (tertiary/aromatic N) is 1. The summed E-state index contributed by atoms with van der Waals surface area (Å²) in [6.07, 6.45) is 7.02. The summed E-state index contributed by atoms with van der Waals surface area (Å²) in [5.41, 5.74) is 1.21. The number of rotatable bonds is 5. The van der Waals surface area contributed by atoms with Gasteiger partial charge in [-0.3, -0.25) is 9.69 Å². The average Bonchev–Trinajstić information content (AvgIpc) is 3.01. The molecule has 1 atom stereocenters. The maximum Gasteiger partial charge on any atom is 0.307 e. The zero-order valence-electron chi connectivity index (χ0n) is 13.0. The number of hydrogen-bond donors (Lipinski definition) is 1. The number of piperidine rings is 1. The van der Waals surface area contributed by atoms with E-state index >= 15 is 0 Å². The molecular formula is C18H25NO3. The highest BCUT2D eigenvalue weighted by Gasteiger charge is 2.25. The van der Waals surface area contributed by atoms with E-state index in [4.69, 9.17) is 4.74 Å². The number of benzene rings is 1. The third kappa shape index (κ3) is 4.01. The summed E-state index contributed by atoms with van der Waals surface area (Å²) in [5, 5.41) is 9.18. The molecule has 1 aliphatic carbocycles. The van der Waals surface area contributed by atoms with Crippen LogP contribution in [0.4, 0.5) is 0 Å². The first-order valence-electron chi connectivity index (χ1n) is 8.41. The summed E-state index contributed by atoms with van der Waals surface area (Å²) >= 11 is 0. The van der Waals surface area contributed by atoms with Gasteiger partial charge in [-0.15, -0.1) is 0 Å². The molecule has 4 nitrogen and oxygen atoms in total. The van der Waals surface area contributed by atoms with Gasteiger partial charge in [-0.05, 0) is 62.8 Å². The number of likely N-dealkylation sites (tertiary alicyclic amines) is 1. The predicted molar refractivity (Wildman–Crippen MR) is 85.0 cm³/mol. The Hall–Kier alpha value is -1.55. The molecule has 2 aliphatic rings. The van der Waals surface area contributed by atoms with Gasteiger partial charge in [0.2, 0.25) is 0 Å². The molecule has 3 rings (SSSR count). The fraction of sp³-hybridized carbons (Fsp3) is 0.611. The second-order valence-corrected chi connectivity index (χ2v) is 6.58. The molecule has 1 aromatic rings. The van der Waals surface area contributed by atoms with E-state index in [1.807, 2.05) is 12.1 Å². The number of carboxylic acid groups (broad SMARTS) is 1. The Labute approximate surface area is 132 Å². The molecular weight excluding hydrogens is 278 g/mol. The molecule has 0 bridgehead atoms. The van der Waals surface area contributed by atoms with Crippen molar-refractivity contribution in [2.45, 2.75) is 51.2 Å². The van der Waals surface area contributed by atoms with E-state index in [0.717, 1.165) is 44.5 Å². The minimum Gasteiger partial charge on any atom is -0.490 e. The number of carboxylic acids is 1. The van der Waals surface area contributed by atoms with Crippen molar-refractivity contribution >= 4 is 5.97 Å². The van der Waals surface area contributed by atoms with E-state index in [2.05, 4.69) is 17.0 Å². The molecule has 1 saturated carbocycles. The van der Waals surface area contributed by atoms with Crippen molar-refractivity contribution in [3.8, 4) is 5.75 Å². The molecule has 1 saturated heterocycles. The zero-order chi connectivity index (χ0) is 15.4. The highest BCUT2D eigenvalue weighted by atomic mass is 16.5. The Morgan fingerprint density at radius 3 is 2.82 bits per heavy atom. The van der Waals surface area contributed by atoms with Crippen LogP contribution in [0.25, 0.3) is 0 Å². The van der Waals surface area contributed by atoms with Crippen molar-refractivity contribution < 1.29 is 14.6 Å². The predicted octanol–water partition coefficient (Wildman–Crippen LogP) is 3.30. The summed E-state index contributed by atoms with van der Waals surface area (Å²) in [7, 11) is 0. The Bertz CT molecular complexity index is 511. The van der Waals surface area contributed by atoms with Crippen LogP contribution in [0.3, 0.4) is 0 Å². The molecule has 1 heterocycles. The van der Waals surface area contributed by atoms with Gasteiger partial charge >= 0.3 is 5.97 Å². The quantitative estimate of drug-likeness (QED) is 0.906. The minimum absolute atomic E-state index is 0.216. The Morgan fingerprint density at radius 1 is 1.23 bits per heavy atom. The summed E-state index contributed by atoms with van der Waals surface area (Å²) in [6, 6.07) is 8.28. The SMILES string of the molecule is O=C(O)C1CCCN(Cc2cccc(OC3CCCC3)c2)C1. The van der Waals surface area contributed by atoms with Crippen LogP contribution in [-0.2, 0) is 11.3 Å². The van der Waals surface area contributed by atoms with Crippen LogP contribution in [0, 0.1) is 5.92 Å². The molecule has 0 amide bonds. The number of carbonyl (C=O) groups is 1. The van der Waals surface area contributed by atoms with Crippen molar-refractivity contribution in [3.05, 3.63) is 29.8 Å². The Balaban J connectivity index is 1.58. The standard InChI is InChI=1S/C18H25NO3/c20-18(21)15-6-4-10-19(13-15)12-14-5-3-9-17(11-14)22-16-7-1-2-8-16/h3,5,9,11,15-16H,1-2,4,6-8,10,12-13H2,(H,20,21). The molecule has 1 aromatic carbocycles. The monoisotopic (exact) mass is 303 g/mol. The number of ether oxygens (including phenoxy) is 1. The molecule has 4 heteroatoms. The minimum atomic E-state index is -0.664. The highest BCUT2D eigenvalue weighted by molar-refractivity contribution is 5.70. The third-order valence-corrected chi connectivity index (χ3v) is 4.76. The zero-order valence-corrected chi connectivity index (χ0v) is 13.0. The van der Waals surface area contributed by atoms with Gasteiger partial charge in [0.1, 0.15) is 5.75 Å². The van der Waals surface area contributed by atoms with Crippen molar-refractivity contribution in [2.75, 3.05) is 13.1 Å². The first kappa shape index (κ1) is 15.3. The van der Waals surface area contributed by atoms with Gasteiger partial charge in [0.05, 0.1) is 12.0 Å². The van der Waals surface area contributed by atoms with Crippen molar-refractivity contribution in [2.24, 2.45) is 5.92 Å². The molecule has 0 radical (unpaired) electrons. The third-order valence-electron chi connectivity index (χ3n) is 4.76. The van der Waals surface area contributed by atoms with Gasteiger partial charge in [0.15, 0.2) is 0 Å². The highest BCUT2D eigenvalue weighted by Crippen LogP contribution is 2.25. The lowest BCUT2D eigenvalue weighted by Crippen LogP contribution is -2.38. The summed E-state index contributed by atoms with van der Waals surface area (Å²) in [5.74, 6) is 0.0749. The fourth-order valence-corrected chi connectivity index (χ4v) is 3.57. The van der Waals surface area contributed by atoms with Crippen LogP contribution in [0.2, 0.25) is 0 Å². The maximum absolute atomic E-state index is 11.2. The molecule has 1 unspecified atom stereocenters. The first-order chi connectivity index (χ1) is 10.7. The summed E-state index contributed by atoms with van der Waals surface area (Å²) < 4.78 is 6.05. The molecule has 1 aliphatic heterocycles. The lowest BCUT2D eigenvalue weighted by Gasteiger charge is -2.30. The van der Waals surface area contributed by atoms with Crippen molar-refractivity contribution in [1.29, 1.82) is 0 Å². The molecule has 120 valence electrons. The lowest BCUT2D eigenvalue weighted by atomic mass is 9.98. The van der Waals surface area contributed by atoms with Crippen LogP contribution in [0.5, 0.6) is 5.75 Å². The molecule has 2 fully saturated rings. The smallest absolute Gasteiger partial charge is 0.307 e. The van der Waals surface area contributed by atoms with Gasteiger partial charge in [-0.2, -0.15) is 0 Å². The van der Waals surface area contributed by atoms with Gasteiger partial charge in [0.25, 0.3) is 0 Å². The van der Waals surface area contributed by atoms with E-state index < -0.39 is 5.97 Å². The lowest BCUT2D eigenvalue weighted by molar-refractivity contribution is -0.143. The average molecular weight is 303 g/mol. The van der Waals surface area contributed by atoms with Crippen LogP contribution in [0.1, 0.15) is 44.1 Å². The molecule has 0 spiro atoms.